The molecule has 2 aliphatic heterocycles. The van der Waals surface area contributed by atoms with Gasteiger partial charge in [-0.1, -0.05) is 13.8 Å². The van der Waals surface area contributed by atoms with E-state index >= 15 is 0 Å². The summed E-state index contributed by atoms with van der Waals surface area (Å²) in [5.74, 6) is -0.149. The van der Waals surface area contributed by atoms with E-state index in [0.29, 0.717) is 6.42 Å². The molecule has 2 heterocycles. The average Bonchev–Trinajstić information content (AvgIpc) is 2.66. The molecule has 7 nitrogen and oxygen atoms in total. The van der Waals surface area contributed by atoms with Crippen molar-refractivity contribution in [3.05, 3.63) is 0 Å². The summed E-state index contributed by atoms with van der Waals surface area (Å²) in [7, 11) is 1.69. The quantitative estimate of drug-likeness (QED) is 0.648. The van der Waals surface area contributed by atoms with Gasteiger partial charge in [0.05, 0.1) is 11.4 Å². The van der Waals surface area contributed by atoms with Crippen molar-refractivity contribution < 1.29 is 14.4 Å². The third kappa shape index (κ3) is 3.47. The van der Waals surface area contributed by atoms with E-state index in [1.807, 2.05) is 13.8 Å². The minimum Gasteiger partial charge on any atom is -0.368 e. The van der Waals surface area contributed by atoms with E-state index in [2.05, 4.69) is 10.6 Å². The van der Waals surface area contributed by atoms with Gasteiger partial charge in [-0.25, -0.2) is 0 Å². The van der Waals surface area contributed by atoms with Crippen molar-refractivity contribution in [3.8, 4) is 0 Å². The molecule has 23 heavy (non-hydrogen) atoms. The first-order valence-electron chi connectivity index (χ1n) is 7.89. The van der Waals surface area contributed by atoms with Gasteiger partial charge in [0.2, 0.25) is 17.7 Å². The molecule has 0 bridgehead atoms. The molecule has 2 saturated heterocycles. The number of nitrogens with two attached hydrogens (primary N) is 1. The summed E-state index contributed by atoms with van der Waals surface area (Å²) in [4.78, 5) is 38.6. The molecule has 8 heteroatoms. The first-order valence-corrected chi connectivity index (χ1v) is 8.94. The number of fused-ring (bicyclic) bond motifs is 1. The second kappa shape index (κ2) is 6.68. The van der Waals surface area contributed by atoms with Gasteiger partial charge in [-0.15, -0.1) is 11.8 Å². The molecule has 3 amide bonds. The smallest absolute Gasteiger partial charge is 0.246 e. The van der Waals surface area contributed by atoms with Crippen molar-refractivity contribution in [2.45, 2.75) is 57.1 Å². The van der Waals surface area contributed by atoms with Crippen LogP contribution in [0.2, 0.25) is 0 Å². The molecule has 2 fully saturated rings. The van der Waals surface area contributed by atoms with Gasteiger partial charge in [-0.05, 0) is 38.0 Å². The zero-order valence-corrected chi connectivity index (χ0v) is 14.9. The van der Waals surface area contributed by atoms with Crippen LogP contribution in [0.25, 0.3) is 0 Å². The Kier molecular flexibility index (Phi) is 5.25. The SMILES string of the molecule is CNC(C)C(=O)NC1CCSC2CC(C)(C)C(C(N)=O)N2C1=O. The predicted molar refractivity (Wildman–Crippen MR) is 89.5 cm³/mol. The second-order valence-electron chi connectivity index (χ2n) is 6.93. The van der Waals surface area contributed by atoms with Crippen LogP contribution in [0.3, 0.4) is 0 Å². The zero-order valence-electron chi connectivity index (χ0n) is 14.1. The number of hydrogen-bond acceptors (Lipinski definition) is 5. The Morgan fingerprint density at radius 2 is 2.09 bits per heavy atom. The first kappa shape index (κ1) is 18.1. The van der Waals surface area contributed by atoms with Gasteiger partial charge >= 0.3 is 0 Å². The standard InChI is InChI=1S/C15H26N4O3S/c1-8(17-4)13(21)18-9-5-6-23-10-7-15(2,3)11(12(16)20)19(10)14(9)22/h8-11,17H,5-7H2,1-4H3,(H2,16,20)(H,18,21). The van der Waals surface area contributed by atoms with Crippen LogP contribution in [-0.2, 0) is 14.4 Å². The third-order valence-electron chi connectivity index (χ3n) is 4.71. The number of primary amides is 1. The number of carbonyl (C=O) groups is 3. The fourth-order valence-electron chi connectivity index (χ4n) is 3.32. The number of amides is 3. The van der Waals surface area contributed by atoms with Gasteiger partial charge < -0.3 is 21.3 Å². The third-order valence-corrected chi connectivity index (χ3v) is 5.96. The Bertz CT molecular complexity index is 511. The average molecular weight is 342 g/mol. The largest absolute Gasteiger partial charge is 0.368 e. The van der Waals surface area contributed by atoms with Crippen LogP contribution in [0.15, 0.2) is 0 Å². The van der Waals surface area contributed by atoms with Crippen molar-refractivity contribution in [3.63, 3.8) is 0 Å². The van der Waals surface area contributed by atoms with E-state index in [1.54, 1.807) is 30.6 Å². The molecule has 0 aliphatic carbocycles. The number of likely N-dealkylation sites (N-methyl/N-ethyl adjacent to an activating group) is 1. The van der Waals surface area contributed by atoms with Crippen molar-refractivity contribution in [2.24, 2.45) is 11.1 Å². The molecule has 2 rings (SSSR count). The van der Waals surface area contributed by atoms with E-state index in [0.717, 1.165) is 12.2 Å². The van der Waals surface area contributed by atoms with E-state index in [9.17, 15) is 14.4 Å². The highest BCUT2D eigenvalue weighted by molar-refractivity contribution is 7.99. The van der Waals surface area contributed by atoms with Crippen LogP contribution in [0.1, 0.15) is 33.6 Å². The summed E-state index contributed by atoms with van der Waals surface area (Å²) in [6.07, 6.45) is 1.29. The lowest BCUT2D eigenvalue weighted by molar-refractivity contribution is -0.142. The molecular formula is C15H26N4O3S. The van der Waals surface area contributed by atoms with Crippen LogP contribution in [-0.4, -0.2) is 58.9 Å². The van der Waals surface area contributed by atoms with Crippen LogP contribution in [0.5, 0.6) is 0 Å². The van der Waals surface area contributed by atoms with Crippen molar-refractivity contribution in [1.29, 1.82) is 0 Å². The predicted octanol–water partition coefficient (Wildman–Crippen LogP) is -0.345. The number of hydrogen-bond donors (Lipinski definition) is 3. The zero-order chi connectivity index (χ0) is 17.4. The maximum absolute atomic E-state index is 12.9. The summed E-state index contributed by atoms with van der Waals surface area (Å²) in [6.45, 7) is 5.66. The summed E-state index contributed by atoms with van der Waals surface area (Å²) in [5, 5.41) is 5.60. The maximum Gasteiger partial charge on any atom is 0.246 e. The van der Waals surface area contributed by atoms with Crippen LogP contribution >= 0.6 is 11.8 Å². The topological polar surface area (TPSA) is 105 Å². The number of rotatable bonds is 4. The lowest BCUT2D eigenvalue weighted by Gasteiger charge is -2.32. The lowest BCUT2D eigenvalue weighted by Crippen LogP contribution is -2.57. The highest BCUT2D eigenvalue weighted by Crippen LogP contribution is 2.45. The number of nitrogens with one attached hydrogen (secondary N) is 2. The van der Waals surface area contributed by atoms with Crippen LogP contribution < -0.4 is 16.4 Å². The summed E-state index contributed by atoms with van der Waals surface area (Å²) in [5.41, 5.74) is 5.21. The maximum atomic E-state index is 12.9. The highest BCUT2D eigenvalue weighted by Gasteiger charge is 2.53. The molecule has 0 saturated carbocycles. The summed E-state index contributed by atoms with van der Waals surface area (Å²) in [6, 6.07) is -1.62. The van der Waals surface area contributed by atoms with Crippen molar-refractivity contribution in [2.75, 3.05) is 12.8 Å². The minimum atomic E-state index is -0.633. The number of thioether (sulfide) groups is 1. The molecular weight excluding hydrogens is 316 g/mol. The van der Waals surface area contributed by atoms with Crippen molar-refractivity contribution in [1.82, 2.24) is 15.5 Å². The van der Waals surface area contributed by atoms with E-state index in [4.69, 9.17) is 5.73 Å². The van der Waals surface area contributed by atoms with E-state index in [1.165, 1.54) is 0 Å². The van der Waals surface area contributed by atoms with Gasteiger partial charge in [0.1, 0.15) is 12.1 Å². The molecule has 0 aromatic heterocycles. The summed E-state index contributed by atoms with van der Waals surface area (Å²) < 4.78 is 0. The molecule has 4 atom stereocenters. The Hall–Kier alpha value is -1.28. The molecule has 0 aromatic rings. The molecule has 0 spiro atoms. The molecule has 0 aromatic carbocycles. The lowest BCUT2D eigenvalue weighted by atomic mass is 9.84. The minimum absolute atomic E-state index is 0.0568. The van der Waals surface area contributed by atoms with E-state index < -0.39 is 18.0 Å². The van der Waals surface area contributed by atoms with Gasteiger partial charge in [0.25, 0.3) is 0 Å². The number of carbonyl (C=O) groups excluding carboxylic acids is 3. The Balaban J connectivity index is 2.23. The molecule has 2 aliphatic rings. The van der Waals surface area contributed by atoms with Gasteiger partial charge in [0.15, 0.2) is 0 Å². The highest BCUT2D eigenvalue weighted by atomic mass is 32.2. The van der Waals surface area contributed by atoms with E-state index in [-0.39, 0.29) is 28.6 Å². The monoisotopic (exact) mass is 342 g/mol. The molecule has 0 radical (unpaired) electrons. The van der Waals surface area contributed by atoms with Crippen LogP contribution in [0, 0.1) is 5.41 Å². The molecule has 4 N–H and O–H groups in total. The second-order valence-corrected chi connectivity index (χ2v) is 8.21. The normalized spacial score (nSPS) is 31.2. The Morgan fingerprint density at radius 3 is 2.65 bits per heavy atom. The Morgan fingerprint density at radius 1 is 1.43 bits per heavy atom. The fourth-order valence-corrected chi connectivity index (χ4v) is 4.90. The fraction of sp³-hybridized carbons (Fsp3) is 0.800. The molecule has 130 valence electrons. The molecule has 4 unspecified atom stereocenters. The van der Waals surface area contributed by atoms with Crippen LogP contribution in [0.4, 0.5) is 0 Å². The number of nitrogens with zero attached hydrogens (tertiary/aromatic N) is 1. The van der Waals surface area contributed by atoms with Gasteiger partial charge in [0, 0.05) is 0 Å². The first-order chi connectivity index (χ1) is 10.7. The van der Waals surface area contributed by atoms with Crippen molar-refractivity contribution >= 4 is 29.5 Å². The summed E-state index contributed by atoms with van der Waals surface area (Å²) >= 11 is 1.66. The Labute approximate surface area is 141 Å². The van der Waals surface area contributed by atoms with Gasteiger partial charge in [-0.2, -0.15) is 0 Å². The van der Waals surface area contributed by atoms with Gasteiger partial charge in [-0.3, -0.25) is 14.4 Å².